The predicted molar refractivity (Wildman–Crippen MR) is 84.1 cm³/mol. The van der Waals surface area contributed by atoms with Crippen molar-refractivity contribution in [1.82, 2.24) is 4.90 Å². The Balaban J connectivity index is 1.73. The summed E-state index contributed by atoms with van der Waals surface area (Å²) in [7, 11) is 0. The third-order valence-corrected chi connectivity index (χ3v) is 5.12. The van der Waals surface area contributed by atoms with Crippen molar-refractivity contribution in [2.75, 3.05) is 6.54 Å². The van der Waals surface area contributed by atoms with Crippen LogP contribution in [0.1, 0.15) is 56.6 Å². The Bertz CT molecular complexity index is 554. The normalized spacial score (nSPS) is 27.2. The van der Waals surface area contributed by atoms with Gasteiger partial charge in [-0.2, -0.15) is 0 Å². The molecule has 0 aromatic heterocycles. The molecule has 1 heterocycles. The first-order chi connectivity index (χ1) is 11.0. The fourth-order valence-electron chi connectivity index (χ4n) is 3.86. The zero-order chi connectivity index (χ0) is 16.4. The Morgan fingerprint density at radius 1 is 1.22 bits per heavy atom. The van der Waals surface area contributed by atoms with E-state index in [1.54, 1.807) is 17.0 Å². The molecule has 2 atom stereocenters. The molecule has 2 aliphatic rings. The van der Waals surface area contributed by atoms with Crippen LogP contribution in [0.2, 0.25) is 0 Å². The number of amides is 1. The first-order valence-corrected chi connectivity index (χ1v) is 8.42. The maximum Gasteiger partial charge on any atom is 0.226 e. The van der Waals surface area contributed by atoms with Crippen LogP contribution in [0.4, 0.5) is 4.39 Å². The van der Waals surface area contributed by atoms with Gasteiger partial charge in [-0.15, -0.1) is 0 Å². The van der Waals surface area contributed by atoms with Gasteiger partial charge in [0.1, 0.15) is 5.82 Å². The highest BCUT2D eigenvalue weighted by molar-refractivity contribution is 5.78. The number of halogens is 1. The molecule has 0 bridgehead atoms. The van der Waals surface area contributed by atoms with Crippen molar-refractivity contribution in [3.8, 4) is 0 Å². The monoisotopic (exact) mass is 321 g/mol. The summed E-state index contributed by atoms with van der Waals surface area (Å²) in [4.78, 5) is 14.3. The molecule has 126 valence electrons. The molecule has 1 saturated heterocycles. The number of aliphatic hydroxyl groups is 2. The van der Waals surface area contributed by atoms with Crippen molar-refractivity contribution in [3.63, 3.8) is 0 Å². The largest absolute Gasteiger partial charge is 0.391 e. The van der Waals surface area contributed by atoms with Gasteiger partial charge in [-0.25, -0.2) is 4.39 Å². The minimum Gasteiger partial charge on any atom is -0.391 e. The fraction of sp³-hybridized carbons (Fsp3) is 0.611. The quantitative estimate of drug-likeness (QED) is 0.899. The molecule has 1 aromatic carbocycles. The predicted octanol–water partition coefficient (Wildman–Crippen LogP) is 2.55. The Hall–Kier alpha value is -1.46. The second-order valence-electron chi connectivity index (χ2n) is 6.96. The molecular weight excluding hydrogens is 297 g/mol. The summed E-state index contributed by atoms with van der Waals surface area (Å²) < 4.78 is 13.1. The van der Waals surface area contributed by atoms with E-state index in [0.29, 0.717) is 19.3 Å². The van der Waals surface area contributed by atoms with Gasteiger partial charge in [-0.3, -0.25) is 4.79 Å². The summed E-state index contributed by atoms with van der Waals surface area (Å²) in [5, 5.41) is 20.6. The Morgan fingerprint density at radius 2 is 1.87 bits per heavy atom. The molecule has 2 unspecified atom stereocenters. The SMILES string of the molecule is O=C(CC1(O)CCCCC1)N1CC(O)CC1c1ccc(F)cc1. The number of benzene rings is 1. The van der Waals surface area contributed by atoms with Crippen LogP contribution in [0.3, 0.4) is 0 Å². The van der Waals surface area contributed by atoms with Gasteiger partial charge in [0.2, 0.25) is 5.91 Å². The smallest absolute Gasteiger partial charge is 0.226 e. The van der Waals surface area contributed by atoms with Gasteiger partial charge >= 0.3 is 0 Å². The Kier molecular flexibility index (Phi) is 4.69. The van der Waals surface area contributed by atoms with Crippen LogP contribution >= 0.6 is 0 Å². The molecule has 4 nitrogen and oxygen atoms in total. The van der Waals surface area contributed by atoms with E-state index in [-0.39, 0.29) is 30.7 Å². The van der Waals surface area contributed by atoms with Gasteiger partial charge in [-0.05, 0) is 37.0 Å². The average molecular weight is 321 g/mol. The molecule has 0 spiro atoms. The number of nitrogens with zero attached hydrogens (tertiary/aromatic N) is 1. The number of β-amino-alcohol motifs (C(OH)–C–C–N with tert-alkyl or cyclic N) is 1. The van der Waals surface area contributed by atoms with Gasteiger partial charge in [0.15, 0.2) is 0 Å². The highest BCUT2D eigenvalue weighted by Crippen LogP contribution is 2.36. The molecule has 1 saturated carbocycles. The van der Waals surface area contributed by atoms with E-state index in [0.717, 1.165) is 24.8 Å². The summed E-state index contributed by atoms with van der Waals surface area (Å²) in [5.41, 5.74) is -0.0807. The highest BCUT2D eigenvalue weighted by atomic mass is 19.1. The van der Waals surface area contributed by atoms with Crippen molar-refractivity contribution in [1.29, 1.82) is 0 Å². The molecular formula is C18H24FNO3. The Morgan fingerprint density at radius 3 is 2.52 bits per heavy atom. The van der Waals surface area contributed by atoms with Crippen LogP contribution in [0.25, 0.3) is 0 Å². The fourth-order valence-corrected chi connectivity index (χ4v) is 3.86. The maximum absolute atomic E-state index is 13.1. The molecule has 2 fully saturated rings. The van der Waals surface area contributed by atoms with Gasteiger partial charge in [0.05, 0.1) is 24.2 Å². The third kappa shape index (κ3) is 3.72. The lowest BCUT2D eigenvalue weighted by molar-refractivity contribution is -0.139. The number of carbonyl (C=O) groups is 1. The van der Waals surface area contributed by atoms with E-state index in [1.807, 2.05) is 0 Å². The van der Waals surface area contributed by atoms with Crippen LogP contribution in [0.15, 0.2) is 24.3 Å². The van der Waals surface area contributed by atoms with E-state index in [1.165, 1.54) is 12.1 Å². The van der Waals surface area contributed by atoms with E-state index in [2.05, 4.69) is 0 Å². The van der Waals surface area contributed by atoms with Gasteiger partial charge in [-0.1, -0.05) is 31.4 Å². The van der Waals surface area contributed by atoms with E-state index >= 15 is 0 Å². The van der Waals surface area contributed by atoms with Crippen molar-refractivity contribution in [2.24, 2.45) is 0 Å². The van der Waals surface area contributed by atoms with Crippen molar-refractivity contribution < 1.29 is 19.4 Å². The zero-order valence-electron chi connectivity index (χ0n) is 13.2. The van der Waals surface area contributed by atoms with Crippen LogP contribution in [-0.4, -0.2) is 39.3 Å². The molecule has 0 radical (unpaired) electrons. The first-order valence-electron chi connectivity index (χ1n) is 8.42. The summed E-state index contributed by atoms with van der Waals surface area (Å²) in [6.45, 7) is 0.275. The van der Waals surface area contributed by atoms with Crippen molar-refractivity contribution in [2.45, 2.75) is 62.7 Å². The molecule has 1 aliphatic heterocycles. The van der Waals surface area contributed by atoms with Gasteiger partial charge < -0.3 is 15.1 Å². The van der Waals surface area contributed by atoms with Crippen LogP contribution in [-0.2, 0) is 4.79 Å². The topological polar surface area (TPSA) is 60.8 Å². The number of hydrogen-bond acceptors (Lipinski definition) is 3. The number of aliphatic hydroxyl groups excluding tert-OH is 1. The summed E-state index contributed by atoms with van der Waals surface area (Å²) in [5.74, 6) is -0.443. The molecule has 5 heteroatoms. The van der Waals surface area contributed by atoms with E-state index < -0.39 is 11.7 Å². The molecule has 2 N–H and O–H groups in total. The van der Waals surface area contributed by atoms with Gasteiger partial charge in [0, 0.05) is 6.54 Å². The lowest BCUT2D eigenvalue weighted by Gasteiger charge is -2.34. The lowest BCUT2D eigenvalue weighted by atomic mass is 9.82. The van der Waals surface area contributed by atoms with Crippen LogP contribution < -0.4 is 0 Å². The molecule has 1 amide bonds. The summed E-state index contributed by atoms with van der Waals surface area (Å²) >= 11 is 0. The van der Waals surface area contributed by atoms with Crippen LogP contribution in [0.5, 0.6) is 0 Å². The lowest BCUT2D eigenvalue weighted by Crippen LogP contribution is -2.40. The average Bonchev–Trinajstić information content (AvgIpc) is 2.90. The Labute approximate surface area is 135 Å². The van der Waals surface area contributed by atoms with Crippen LogP contribution in [0, 0.1) is 5.82 Å². The number of carbonyl (C=O) groups excluding carboxylic acids is 1. The highest BCUT2D eigenvalue weighted by Gasteiger charge is 2.39. The second kappa shape index (κ2) is 6.57. The molecule has 1 aliphatic carbocycles. The second-order valence-corrected chi connectivity index (χ2v) is 6.96. The molecule has 23 heavy (non-hydrogen) atoms. The number of likely N-dealkylation sites (tertiary alicyclic amines) is 1. The van der Waals surface area contributed by atoms with E-state index in [9.17, 15) is 19.4 Å². The van der Waals surface area contributed by atoms with E-state index in [4.69, 9.17) is 0 Å². The number of rotatable bonds is 3. The summed E-state index contributed by atoms with van der Waals surface area (Å²) in [6.07, 6.45) is 4.33. The maximum atomic E-state index is 13.1. The standard InChI is InChI=1S/C18H24FNO3/c19-14-6-4-13(5-7-14)16-10-15(21)12-20(16)17(22)11-18(23)8-2-1-3-9-18/h4-7,15-16,21,23H,1-3,8-12H2. The minimum absolute atomic E-state index is 0.109. The van der Waals surface area contributed by atoms with Crippen molar-refractivity contribution >= 4 is 5.91 Å². The molecule has 3 rings (SSSR count). The first kappa shape index (κ1) is 16.4. The number of hydrogen-bond donors (Lipinski definition) is 2. The van der Waals surface area contributed by atoms with Crippen molar-refractivity contribution in [3.05, 3.63) is 35.6 Å². The summed E-state index contributed by atoms with van der Waals surface area (Å²) in [6, 6.07) is 5.82. The molecule has 1 aromatic rings. The zero-order valence-corrected chi connectivity index (χ0v) is 13.2. The minimum atomic E-state index is -0.907. The third-order valence-electron chi connectivity index (χ3n) is 5.12. The van der Waals surface area contributed by atoms with Gasteiger partial charge in [0.25, 0.3) is 0 Å².